The first-order chi connectivity index (χ1) is 31.2. The molecular formula is C57H112N2O5. The van der Waals surface area contributed by atoms with Gasteiger partial charge in [-0.05, 0) is 110 Å². The number of hydrogen-bond acceptors (Lipinski definition) is 6. The molecule has 0 spiro atoms. The lowest BCUT2D eigenvalue weighted by atomic mass is 9.93. The van der Waals surface area contributed by atoms with Gasteiger partial charge in [0.05, 0.1) is 13.2 Å². The maximum absolute atomic E-state index is 14.3. The van der Waals surface area contributed by atoms with Gasteiger partial charge in [-0.25, -0.2) is 0 Å². The lowest BCUT2D eigenvalue weighted by Gasteiger charge is -2.35. The molecule has 7 heteroatoms. The number of ether oxygens (including phenoxy) is 2. The Morgan fingerprint density at radius 1 is 0.391 bits per heavy atom. The predicted molar refractivity (Wildman–Crippen MR) is 276 cm³/mol. The van der Waals surface area contributed by atoms with Crippen molar-refractivity contribution in [3.63, 3.8) is 0 Å². The molecule has 0 aliphatic heterocycles. The van der Waals surface area contributed by atoms with Crippen LogP contribution in [0, 0.1) is 17.8 Å². The molecule has 0 aromatic heterocycles. The zero-order valence-electron chi connectivity index (χ0n) is 44.4. The summed E-state index contributed by atoms with van der Waals surface area (Å²) in [6.45, 7) is 16.6. The molecule has 0 saturated heterocycles. The number of nitrogens with zero attached hydrogens (tertiary/aromatic N) is 2. The Bertz CT molecular complexity index is 979. The highest BCUT2D eigenvalue weighted by molar-refractivity contribution is 5.79. The van der Waals surface area contributed by atoms with Gasteiger partial charge in [0.15, 0.2) is 0 Å². The van der Waals surface area contributed by atoms with E-state index in [0.717, 1.165) is 116 Å². The summed E-state index contributed by atoms with van der Waals surface area (Å²) in [7, 11) is 4.28. The predicted octanol–water partition coefficient (Wildman–Crippen LogP) is 16.6. The van der Waals surface area contributed by atoms with Crippen LogP contribution in [0.3, 0.4) is 0 Å². The highest BCUT2D eigenvalue weighted by Crippen LogP contribution is 2.25. The maximum Gasteiger partial charge on any atom is 0.305 e. The quantitative estimate of drug-likeness (QED) is 0.0447. The fraction of sp³-hybridized carbons (Fsp3) is 0.947. The number of carbonyl (C=O) groups excluding carboxylic acids is 3. The van der Waals surface area contributed by atoms with Crippen molar-refractivity contribution in [1.29, 1.82) is 0 Å². The Morgan fingerprint density at radius 2 is 0.750 bits per heavy atom. The first kappa shape index (κ1) is 62.4. The van der Waals surface area contributed by atoms with Crippen LogP contribution in [0.2, 0.25) is 0 Å². The summed E-state index contributed by atoms with van der Waals surface area (Å²) in [5, 5.41) is 0. The van der Waals surface area contributed by atoms with Gasteiger partial charge in [-0.3, -0.25) is 14.4 Å². The second-order valence-electron chi connectivity index (χ2n) is 20.3. The largest absolute Gasteiger partial charge is 0.465 e. The SMILES string of the molecule is CCCCCCC(CCCC)COC(=O)CCCCCCCCC(CCCCCCCCC(=O)OCC(CCCC)CCCCCC)N(CCCCN(C)C)C(=O)C(CC)CCCC. The first-order valence-corrected chi connectivity index (χ1v) is 28.4. The summed E-state index contributed by atoms with van der Waals surface area (Å²) >= 11 is 0. The maximum atomic E-state index is 14.3. The van der Waals surface area contributed by atoms with Gasteiger partial charge in [0.1, 0.15) is 0 Å². The number of hydrogen-bond donors (Lipinski definition) is 0. The van der Waals surface area contributed by atoms with E-state index in [9.17, 15) is 14.4 Å². The molecule has 3 unspecified atom stereocenters. The van der Waals surface area contributed by atoms with Gasteiger partial charge in [-0.2, -0.15) is 0 Å². The van der Waals surface area contributed by atoms with Gasteiger partial charge >= 0.3 is 11.9 Å². The molecule has 3 atom stereocenters. The lowest BCUT2D eigenvalue weighted by Crippen LogP contribution is -2.44. The van der Waals surface area contributed by atoms with Crippen molar-refractivity contribution < 1.29 is 23.9 Å². The van der Waals surface area contributed by atoms with Gasteiger partial charge in [0, 0.05) is 31.3 Å². The van der Waals surface area contributed by atoms with Crippen molar-refractivity contribution in [1.82, 2.24) is 9.80 Å². The van der Waals surface area contributed by atoms with Crippen LogP contribution in [-0.2, 0) is 23.9 Å². The zero-order valence-corrected chi connectivity index (χ0v) is 44.4. The Hall–Kier alpha value is -1.63. The second-order valence-corrected chi connectivity index (χ2v) is 20.3. The van der Waals surface area contributed by atoms with Crippen molar-refractivity contribution in [3.05, 3.63) is 0 Å². The highest BCUT2D eigenvalue weighted by Gasteiger charge is 2.28. The molecule has 0 aromatic rings. The van der Waals surface area contributed by atoms with Crippen LogP contribution in [0.25, 0.3) is 0 Å². The van der Waals surface area contributed by atoms with Crippen LogP contribution in [0.1, 0.15) is 286 Å². The van der Waals surface area contributed by atoms with Crippen LogP contribution in [0.5, 0.6) is 0 Å². The minimum atomic E-state index is -0.00729. The fourth-order valence-electron chi connectivity index (χ4n) is 9.43. The van der Waals surface area contributed by atoms with Gasteiger partial charge in [0.25, 0.3) is 0 Å². The third kappa shape index (κ3) is 37.5. The van der Waals surface area contributed by atoms with E-state index in [2.05, 4.69) is 65.4 Å². The third-order valence-corrected chi connectivity index (χ3v) is 13.9. The normalized spacial score (nSPS) is 13.5. The molecule has 380 valence electrons. The molecule has 0 aromatic carbocycles. The summed E-state index contributed by atoms with van der Waals surface area (Å²) in [6.07, 6.45) is 42.9. The topological polar surface area (TPSA) is 76.2 Å². The standard InChI is InChI=1S/C57H112N2O5/c1-9-15-20-30-40-51(38-17-11-3)49-63-55(60)45-34-28-24-22-26-32-43-54(59(48-37-36-47-58(7)8)57(62)53(14-6)42-19-13-5)44-33-27-23-25-29-35-46-56(61)64-50-52(39-18-12-4)41-31-21-16-10-2/h51-54H,9-50H2,1-8H3. The summed E-state index contributed by atoms with van der Waals surface area (Å²) in [5.74, 6) is 1.57. The minimum absolute atomic E-state index is 0.00729. The summed E-state index contributed by atoms with van der Waals surface area (Å²) < 4.78 is 11.6. The molecule has 0 aliphatic carbocycles. The van der Waals surface area contributed by atoms with Crippen molar-refractivity contribution in [3.8, 4) is 0 Å². The molecule has 0 heterocycles. The molecule has 0 radical (unpaired) electrons. The van der Waals surface area contributed by atoms with E-state index in [1.807, 2.05) is 0 Å². The molecule has 1 amide bonds. The van der Waals surface area contributed by atoms with E-state index in [-0.39, 0.29) is 17.9 Å². The van der Waals surface area contributed by atoms with Gasteiger partial charge in [-0.1, -0.05) is 196 Å². The van der Waals surface area contributed by atoms with E-state index in [4.69, 9.17) is 9.47 Å². The van der Waals surface area contributed by atoms with Crippen LogP contribution < -0.4 is 0 Å². The van der Waals surface area contributed by atoms with Gasteiger partial charge in [0.2, 0.25) is 5.91 Å². The third-order valence-electron chi connectivity index (χ3n) is 13.9. The van der Waals surface area contributed by atoms with Crippen molar-refractivity contribution >= 4 is 17.8 Å². The molecule has 7 nitrogen and oxygen atoms in total. The van der Waals surface area contributed by atoms with E-state index >= 15 is 0 Å². The summed E-state index contributed by atoms with van der Waals surface area (Å²) in [6, 6.07) is 0.313. The van der Waals surface area contributed by atoms with E-state index in [0.29, 0.717) is 49.8 Å². The average Bonchev–Trinajstić information content (AvgIpc) is 3.29. The monoisotopic (exact) mass is 905 g/mol. The van der Waals surface area contributed by atoms with Crippen LogP contribution in [0.4, 0.5) is 0 Å². The van der Waals surface area contributed by atoms with Crippen molar-refractivity contribution in [2.45, 2.75) is 292 Å². The average molecular weight is 906 g/mol. The molecule has 64 heavy (non-hydrogen) atoms. The molecular weight excluding hydrogens is 793 g/mol. The van der Waals surface area contributed by atoms with Gasteiger partial charge in [-0.15, -0.1) is 0 Å². The molecule has 0 aliphatic rings. The smallest absolute Gasteiger partial charge is 0.305 e. The number of rotatable bonds is 49. The van der Waals surface area contributed by atoms with E-state index < -0.39 is 0 Å². The van der Waals surface area contributed by atoms with Crippen LogP contribution in [-0.4, -0.2) is 74.1 Å². The van der Waals surface area contributed by atoms with Crippen LogP contribution in [0.15, 0.2) is 0 Å². The molecule has 0 fully saturated rings. The van der Waals surface area contributed by atoms with Crippen LogP contribution >= 0.6 is 0 Å². The molecule has 0 N–H and O–H groups in total. The van der Waals surface area contributed by atoms with Crippen molar-refractivity contribution in [2.24, 2.45) is 17.8 Å². The summed E-state index contributed by atoms with van der Waals surface area (Å²) in [5.41, 5.74) is 0. The molecule has 0 saturated carbocycles. The number of carbonyl (C=O) groups is 3. The summed E-state index contributed by atoms with van der Waals surface area (Å²) in [4.78, 5) is 44.1. The van der Waals surface area contributed by atoms with Crippen molar-refractivity contribution in [2.75, 3.05) is 40.4 Å². The number of amides is 1. The number of esters is 2. The second kappa shape index (κ2) is 46.5. The Balaban J connectivity index is 5.06. The first-order valence-electron chi connectivity index (χ1n) is 28.4. The Labute approximate surface area is 399 Å². The van der Waals surface area contributed by atoms with E-state index in [1.165, 1.54) is 128 Å². The highest BCUT2D eigenvalue weighted by atomic mass is 16.5. The number of unbranched alkanes of at least 4 members (excludes halogenated alkanes) is 20. The lowest BCUT2D eigenvalue weighted by molar-refractivity contribution is -0.146. The zero-order chi connectivity index (χ0) is 47.3. The Morgan fingerprint density at radius 3 is 1.17 bits per heavy atom. The van der Waals surface area contributed by atoms with E-state index in [1.54, 1.807) is 0 Å². The Kier molecular flexibility index (Phi) is 45.3. The molecule has 0 bridgehead atoms. The minimum Gasteiger partial charge on any atom is -0.465 e. The fourth-order valence-corrected chi connectivity index (χ4v) is 9.43. The van der Waals surface area contributed by atoms with Gasteiger partial charge < -0.3 is 19.3 Å². The molecule has 0 rings (SSSR count).